The molecule has 100 valence electrons. The summed E-state index contributed by atoms with van der Waals surface area (Å²) in [6.07, 6.45) is 4.24. The molecule has 1 unspecified atom stereocenters. The Morgan fingerprint density at radius 2 is 2.39 bits per heavy atom. The molecule has 1 aliphatic rings. The number of hydrogen-bond acceptors (Lipinski definition) is 3. The molecule has 1 fully saturated rings. The maximum absolute atomic E-state index is 11.7. The molecule has 2 rings (SSSR count). The fraction of sp³-hybridized carbons (Fsp3) is 0.500. The Hall–Kier alpha value is -1.33. The first kappa shape index (κ1) is 14.7. The van der Waals surface area contributed by atoms with Gasteiger partial charge in [0.2, 0.25) is 5.91 Å². The monoisotopic (exact) mass is 271 g/mol. The van der Waals surface area contributed by atoms with Gasteiger partial charge in [0.25, 0.3) is 5.56 Å². The van der Waals surface area contributed by atoms with Crippen molar-refractivity contribution in [1.29, 1.82) is 0 Å². The Morgan fingerprint density at radius 1 is 1.61 bits per heavy atom. The highest BCUT2D eigenvalue weighted by atomic mass is 35.5. The summed E-state index contributed by atoms with van der Waals surface area (Å²) in [5, 5.41) is 5.92. The van der Waals surface area contributed by atoms with Crippen molar-refractivity contribution < 1.29 is 4.79 Å². The zero-order valence-corrected chi connectivity index (χ0v) is 11.1. The van der Waals surface area contributed by atoms with E-state index in [1.807, 2.05) is 0 Å². The smallest absolute Gasteiger partial charge is 0.274 e. The first-order chi connectivity index (χ1) is 8.16. The van der Waals surface area contributed by atoms with E-state index in [2.05, 4.69) is 10.6 Å². The summed E-state index contributed by atoms with van der Waals surface area (Å²) in [6.45, 7) is 0.977. The average molecular weight is 272 g/mol. The highest BCUT2D eigenvalue weighted by molar-refractivity contribution is 5.90. The zero-order valence-electron chi connectivity index (χ0n) is 10.3. The molecule has 2 heterocycles. The Balaban J connectivity index is 0.00000162. The van der Waals surface area contributed by atoms with E-state index in [1.165, 1.54) is 4.57 Å². The molecule has 1 aromatic rings. The van der Waals surface area contributed by atoms with Crippen molar-refractivity contribution in [2.45, 2.75) is 25.3 Å². The Bertz CT molecular complexity index is 467. The van der Waals surface area contributed by atoms with Crippen LogP contribution >= 0.6 is 12.4 Å². The van der Waals surface area contributed by atoms with E-state index in [0.29, 0.717) is 12.1 Å². The zero-order chi connectivity index (χ0) is 12.3. The van der Waals surface area contributed by atoms with E-state index < -0.39 is 0 Å². The number of nitrogens with zero attached hydrogens (tertiary/aromatic N) is 1. The molecule has 0 bridgehead atoms. The molecular weight excluding hydrogens is 254 g/mol. The normalized spacial score (nSPS) is 18.2. The first-order valence-corrected chi connectivity index (χ1v) is 5.85. The summed E-state index contributed by atoms with van der Waals surface area (Å²) in [5.74, 6) is -0.104. The number of carbonyl (C=O) groups excluding carboxylic acids is 1. The van der Waals surface area contributed by atoms with Gasteiger partial charge in [0.05, 0.1) is 0 Å². The van der Waals surface area contributed by atoms with Crippen molar-refractivity contribution >= 4 is 24.0 Å². The number of rotatable bonds is 3. The lowest BCUT2D eigenvalue weighted by Gasteiger charge is -2.10. The van der Waals surface area contributed by atoms with E-state index in [0.717, 1.165) is 19.4 Å². The van der Waals surface area contributed by atoms with Crippen LogP contribution < -0.4 is 16.2 Å². The van der Waals surface area contributed by atoms with Gasteiger partial charge >= 0.3 is 0 Å². The number of amides is 1. The molecule has 0 spiro atoms. The molecular formula is C12H18ClN3O2. The maximum Gasteiger partial charge on any atom is 0.274 e. The number of nitrogens with one attached hydrogen (secondary N) is 2. The van der Waals surface area contributed by atoms with Crippen LogP contribution in [0.5, 0.6) is 0 Å². The molecule has 1 saturated heterocycles. The van der Waals surface area contributed by atoms with Crippen molar-refractivity contribution in [2.75, 3.05) is 11.9 Å². The van der Waals surface area contributed by atoms with Crippen LogP contribution in [0, 0.1) is 0 Å². The van der Waals surface area contributed by atoms with Gasteiger partial charge in [0.15, 0.2) is 0 Å². The number of anilines is 1. The highest BCUT2D eigenvalue weighted by Crippen LogP contribution is 2.09. The topological polar surface area (TPSA) is 63.1 Å². The summed E-state index contributed by atoms with van der Waals surface area (Å²) in [7, 11) is 1.66. The van der Waals surface area contributed by atoms with Crippen LogP contribution in [0.4, 0.5) is 5.69 Å². The van der Waals surface area contributed by atoms with Crippen LogP contribution in [0.2, 0.25) is 0 Å². The number of aryl methyl sites for hydroxylation is 1. The van der Waals surface area contributed by atoms with Crippen molar-refractivity contribution in [2.24, 2.45) is 7.05 Å². The largest absolute Gasteiger partial charge is 0.321 e. The lowest BCUT2D eigenvalue weighted by Crippen LogP contribution is -2.29. The van der Waals surface area contributed by atoms with Gasteiger partial charge in [-0.1, -0.05) is 0 Å². The van der Waals surface area contributed by atoms with Gasteiger partial charge in [0.1, 0.15) is 5.69 Å². The van der Waals surface area contributed by atoms with Gasteiger partial charge in [-0.2, -0.15) is 0 Å². The average Bonchev–Trinajstić information content (AvgIpc) is 2.77. The van der Waals surface area contributed by atoms with Gasteiger partial charge in [-0.25, -0.2) is 0 Å². The quantitative estimate of drug-likeness (QED) is 0.858. The summed E-state index contributed by atoms with van der Waals surface area (Å²) in [6, 6.07) is 3.62. The summed E-state index contributed by atoms with van der Waals surface area (Å²) < 4.78 is 1.45. The lowest BCUT2D eigenvalue weighted by molar-refractivity contribution is -0.116. The van der Waals surface area contributed by atoms with Crippen molar-refractivity contribution in [3.8, 4) is 0 Å². The van der Waals surface area contributed by atoms with E-state index in [-0.39, 0.29) is 29.9 Å². The summed E-state index contributed by atoms with van der Waals surface area (Å²) in [4.78, 5) is 23.4. The third-order valence-electron chi connectivity index (χ3n) is 2.99. The number of hydrogen-bond donors (Lipinski definition) is 2. The third-order valence-corrected chi connectivity index (χ3v) is 2.99. The SMILES string of the molecule is Cl.Cn1cccc(NC(=O)CC2CCCN2)c1=O. The van der Waals surface area contributed by atoms with Crippen LogP contribution in [0.15, 0.2) is 23.1 Å². The second kappa shape index (κ2) is 6.56. The van der Waals surface area contributed by atoms with E-state index >= 15 is 0 Å². The van der Waals surface area contributed by atoms with Crippen LogP contribution in [-0.2, 0) is 11.8 Å². The highest BCUT2D eigenvalue weighted by Gasteiger charge is 2.18. The molecule has 1 atom stereocenters. The molecule has 5 nitrogen and oxygen atoms in total. The number of aromatic nitrogens is 1. The molecule has 18 heavy (non-hydrogen) atoms. The Kier molecular flexibility index (Phi) is 5.37. The fourth-order valence-electron chi connectivity index (χ4n) is 2.05. The second-order valence-electron chi connectivity index (χ2n) is 4.38. The summed E-state index contributed by atoms with van der Waals surface area (Å²) >= 11 is 0. The van der Waals surface area contributed by atoms with Gasteiger partial charge in [-0.05, 0) is 31.5 Å². The predicted octanol–water partition coefficient (Wildman–Crippen LogP) is 0.888. The number of carbonyl (C=O) groups is 1. The lowest BCUT2D eigenvalue weighted by atomic mass is 10.1. The number of pyridine rings is 1. The molecule has 1 aliphatic heterocycles. The minimum Gasteiger partial charge on any atom is -0.321 e. The van der Waals surface area contributed by atoms with Gasteiger partial charge in [-0.3, -0.25) is 9.59 Å². The minimum atomic E-state index is -0.180. The maximum atomic E-state index is 11.7. The van der Waals surface area contributed by atoms with Gasteiger partial charge < -0.3 is 15.2 Å². The van der Waals surface area contributed by atoms with Crippen LogP contribution in [0.3, 0.4) is 0 Å². The van der Waals surface area contributed by atoms with E-state index in [9.17, 15) is 9.59 Å². The molecule has 1 aromatic heterocycles. The molecule has 1 amide bonds. The van der Waals surface area contributed by atoms with E-state index in [1.54, 1.807) is 25.4 Å². The fourth-order valence-corrected chi connectivity index (χ4v) is 2.05. The molecule has 0 radical (unpaired) electrons. The minimum absolute atomic E-state index is 0. The van der Waals surface area contributed by atoms with Gasteiger partial charge in [0, 0.05) is 25.7 Å². The molecule has 0 aliphatic carbocycles. The first-order valence-electron chi connectivity index (χ1n) is 5.85. The molecule has 0 saturated carbocycles. The standard InChI is InChI=1S/C12H17N3O2.ClH/c1-15-7-3-5-10(12(15)17)14-11(16)8-9-4-2-6-13-9;/h3,5,7,9,13H,2,4,6,8H2,1H3,(H,14,16);1H. The summed E-state index contributed by atoms with van der Waals surface area (Å²) in [5.41, 5.74) is 0.165. The van der Waals surface area contributed by atoms with Crippen LogP contribution in [0.1, 0.15) is 19.3 Å². The van der Waals surface area contributed by atoms with Crippen molar-refractivity contribution in [1.82, 2.24) is 9.88 Å². The third kappa shape index (κ3) is 3.58. The predicted molar refractivity (Wildman–Crippen MR) is 73.2 cm³/mol. The molecule has 2 N–H and O–H groups in total. The van der Waals surface area contributed by atoms with Crippen molar-refractivity contribution in [3.05, 3.63) is 28.7 Å². The van der Waals surface area contributed by atoms with E-state index in [4.69, 9.17) is 0 Å². The van der Waals surface area contributed by atoms with Crippen molar-refractivity contribution in [3.63, 3.8) is 0 Å². The second-order valence-corrected chi connectivity index (χ2v) is 4.38. The Morgan fingerprint density at radius 3 is 3.06 bits per heavy atom. The van der Waals surface area contributed by atoms with Crippen LogP contribution in [-0.4, -0.2) is 23.1 Å². The Labute approximate surface area is 112 Å². The van der Waals surface area contributed by atoms with Crippen LogP contribution in [0.25, 0.3) is 0 Å². The number of halogens is 1. The molecule has 0 aromatic carbocycles. The van der Waals surface area contributed by atoms with Gasteiger partial charge in [-0.15, -0.1) is 12.4 Å². The molecule has 6 heteroatoms.